The summed E-state index contributed by atoms with van der Waals surface area (Å²) in [5.41, 5.74) is 0. The Kier molecular flexibility index (Phi) is 21.8. The molecule has 4 heteroatoms. The Bertz CT molecular complexity index is 276. The summed E-state index contributed by atoms with van der Waals surface area (Å²) in [5.74, 6) is 0. The molecule has 0 amide bonds. The fourth-order valence-electron chi connectivity index (χ4n) is 2.62. The lowest BCUT2D eigenvalue weighted by atomic mass is 10.0. The van der Waals surface area contributed by atoms with Crippen molar-refractivity contribution in [2.45, 2.75) is 117 Å². The molecule has 0 heterocycles. The molecule has 0 saturated carbocycles. The van der Waals surface area contributed by atoms with Crippen LogP contribution in [0.5, 0.6) is 0 Å². The fraction of sp³-hybridized carbons (Fsp3) is 1.00. The third-order valence-corrected chi connectivity index (χ3v) is 3.96. The number of rotatable bonds is 15. The van der Waals surface area contributed by atoms with Gasteiger partial charge in [-0.1, -0.05) is 117 Å². The molecule has 0 rings (SSSR count). The van der Waals surface area contributed by atoms with Crippen molar-refractivity contribution in [3.63, 3.8) is 0 Å². The molecule has 0 fully saturated rings. The van der Waals surface area contributed by atoms with Crippen molar-refractivity contribution in [1.29, 1.82) is 0 Å². The van der Waals surface area contributed by atoms with E-state index < -0.39 is 10.1 Å². The van der Waals surface area contributed by atoms with Crippen LogP contribution in [0.4, 0.5) is 0 Å². The third kappa shape index (κ3) is 39.1. The van der Waals surface area contributed by atoms with Crippen LogP contribution in [0.25, 0.3) is 0 Å². The molecule has 1 N–H and O–H groups in total. The Morgan fingerprint density at radius 2 is 0.652 bits per heavy atom. The number of hydrogen-bond acceptors (Lipinski definition) is 2. The molecule has 0 spiro atoms. The van der Waals surface area contributed by atoms with Gasteiger partial charge in [0.05, 0.1) is 6.26 Å². The molecule has 0 aliphatic rings. The van der Waals surface area contributed by atoms with Gasteiger partial charge < -0.3 is 0 Å². The molecule has 3 nitrogen and oxygen atoms in total. The average Bonchev–Trinajstić information content (AvgIpc) is 2.46. The molecule has 0 aliphatic carbocycles. The highest BCUT2D eigenvalue weighted by atomic mass is 32.2. The van der Waals surface area contributed by atoms with E-state index in [1.807, 2.05) is 0 Å². The predicted molar refractivity (Wildman–Crippen MR) is 103 cm³/mol. The van der Waals surface area contributed by atoms with Crippen LogP contribution in [0.2, 0.25) is 0 Å². The second-order valence-electron chi connectivity index (χ2n) is 6.68. The van der Waals surface area contributed by atoms with Crippen LogP contribution in [-0.4, -0.2) is 19.2 Å². The first-order chi connectivity index (χ1) is 10.9. The minimum absolute atomic E-state index is 0.715. The van der Waals surface area contributed by atoms with Crippen LogP contribution in [0, 0.1) is 0 Å². The van der Waals surface area contributed by atoms with Crippen molar-refractivity contribution in [2.75, 3.05) is 6.26 Å². The van der Waals surface area contributed by atoms with Gasteiger partial charge in [0, 0.05) is 0 Å². The van der Waals surface area contributed by atoms with Crippen LogP contribution in [0.1, 0.15) is 117 Å². The number of unbranched alkanes of at least 4 members (excludes halogenated alkanes) is 15. The Balaban J connectivity index is 0. The van der Waals surface area contributed by atoms with Gasteiger partial charge >= 0.3 is 0 Å². The summed E-state index contributed by atoms with van der Waals surface area (Å²) in [6, 6.07) is 0. The van der Waals surface area contributed by atoms with Gasteiger partial charge in [-0.05, 0) is 0 Å². The average molecular weight is 351 g/mol. The van der Waals surface area contributed by atoms with E-state index in [2.05, 4.69) is 13.8 Å². The highest BCUT2D eigenvalue weighted by molar-refractivity contribution is 7.85. The molecule has 0 aromatic carbocycles. The topological polar surface area (TPSA) is 54.4 Å². The van der Waals surface area contributed by atoms with Crippen molar-refractivity contribution in [2.24, 2.45) is 0 Å². The molecular formula is C19H42O3S. The van der Waals surface area contributed by atoms with Gasteiger partial charge in [0.1, 0.15) is 0 Å². The van der Waals surface area contributed by atoms with Crippen molar-refractivity contribution in [3.05, 3.63) is 0 Å². The lowest BCUT2D eigenvalue weighted by Gasteiger charge is -2.03. The van der Waals surface area contributed by atoms with Crippen molar-refractivity contribution < 1.29 is 13.0 Å². The molecule has 0 atom stereocenters. The molecular weight excluding hydrogens is 308 g/mol. The molecule has 142 valence electrons. The van der Waals surface area contributed by atoms with Crippen LogP contribution in [0.3, 0.4) is 0 Å². The first-order valence-electron chi connectivity index (χ1n) is 9.84. The van der Waals surface area contributed by atoms with E-state index in [1.165, 1.54) is 103 Å². The van der Waals surface area contributed by atoms with E-state index >= 15 is 0 Å². The van der Waals surface area contributed by atoms with Crippen LogP contribution in [0.15, 0.2) is 0 Å². The smallest absolute Gasteiger partial charge is 0.261 e. The fourth-order valence-corrected chi connectivity index (χ4v) is 2.62. The minimum atomic E-state index is -3.67. The molecule has 0 saturated heterocycles. The molecule has 0 radical (unpaired) electrons. The number of hydrogen-bond donors (Lipinski definition) is 1. The quantitative estimate of drug-likeness (QED) is 0.262. The van der Waals surface area contributed by atoms with Gasteiger partial charge in [0.25, 0.3) is 10.1 Å². The molecule has 0 unspecified atom stereocenters. The third-order valence-electron chi connectivity index (χ3n) is 3.96. The second-order valence-corrected chi connectivity index (χ2v) is 8.15. The Labute approximate surface area is 146 Å². The molecule has 0 aliphatic heterocycles. The highest BCUT2D eigenvalue weighted by Gasteiger charge is 1.93. The summed E-state index contributed by atoms with van der Waals surface area (Å²) in [6.45, 7) is 4.59. The van der Waals surface area contributed by atoms with E-state index in [1.54, 1.807) is 0 Å². The second kappa shape index (κ2) is 20.0. The highest BCUT2D eigenvalue weighted by Crippen LogP contribution is 2.13. The maximum atomic E-state index is 9.19. The summed E-state index contributed by atoms with van der Waals surface area (Å²) < 4.78 is 25.9. The summed E-state index contributed by atoms with van der Waals surface area (Å²) in [4.78, 5) is 0. The van der Waals surface area contributed by atoms with E-state index in [4.69, 9.17) is 4.55 Å². The van der Waals surface area contributed by atoms with Crippen LogP contribution in [-0.2, 0) is 10.1 Å². The minimum Gasteiger partial charge on any atom is -0.286 e. The van der Waals surface area contributed by atoms with Crippen molar-refractivity contribution in [3.8, 4) is 0 Å². The van der Waals surface area contributed by atoms with Crippen LogP contribution >= 0.6 is 0 Å². The SMILES string of the molecule is CCCCCCCCCCCCCCCCCC.CS(=O)(=O)O. The van der Waals surface area contributed by atoms with Gasteiger partial charge in [0.2, 0.25) is 0 Å². The Morgan fingerprint density at radius 3 is 0.783 bits per heavy atom. The summed E-state index contributed by atoms with van der Waals surface area (Å²) in [7, 11) is -3.67. The van der Waals surface area contributed by atoms with E-state index in [-0.39, 0.29) is 0 Å². The molecule has 0 aromatic heterocycles. The zero-order chi connectivity index (χ0) is 17.8. The lowest BCUT2D eigenvalue weighted by molar-refractivity contribution is 0.490. The molecule has 23 heavy (non-hydrogen) atoms. The van der Waals surface area contributed by atoms with Gasteiger partial charge in [-0.2, -0.15) is 8.42 Å². The summed E-state index contributed by atoms with van der Waals surface area (Å²) in [5, 5.41) is 0. The molecule has 0 aromatic rings. The van der Waals surface area contributed by atoms with Gasteiger partial charge in [-0.15, -0.1) is 0 Å². The van der Waals surface area contributed by atoms with E-state index in [9.17, 15) is 8.42 Å². The maximum absolute atomic E-state index is 9.19. The van der Waals surface area contributed by atoms with E-state index in [0.717, 1.165) is 0 Å². The van der Waals surface area contributed by atoms with Gasteiger partial charge in [0.15, 0.2) is 0 Å². The van der Waals surface area contributed by atoms with Crippen LogP contribution < -0.4 is 0 Å². The standard InChI is InChI=1S/C18H38.CH4O3S/c1-3-5-7-9-11-13-15-17-18-16-14-12-10-8-6-4-2;1-5(2,3)4/h3-18H2,1-2H3;1H3,(H,2,3,4). The van der Waals surface area contributed by atoms with E-state index in [0.29, 0.717) is 6.26 Å². The largest absolute Gasteiger partial charge is 0.286 e. The maximum Gasteiger partial charge on any atom is 0.261 e. The van der Waals surface area contributed by atoms with Gasteiger partial charge in [-0.25, -0.2) is 0 Å². The normalized spacial score (nSPS) is 11.1. The Hall–Kier alpha value is -0.0900. The first kappa shape index (κ1) is 25.2. The van der Waals surface area contributed by atoms with Gasteiger partial charge in [-0.3, -0.25) is 4.55 Å². The first-order valence-corrected chi connectivity index (χ1v) is 11.7. The predicted octanol–water partition coefficient (Wildman–Crippen LogP) is 6.77. The van der Waals surface area contributed by atoms with Crippen molar-refractivity contribution >= 4 is 10.1 Å². The van der Waals surface area contributed by atoms with Crippen molar-refractivity contribution in [1.82, 2.24) is 0 Å². The molecule has 0 bridgehead atoms. The zero-order valence-corrected chi connectivity index (χ0v) is 16.8. The lowest BCUT2D eigenvalue weighted by Crippen LogP contribution is -1.88. The monoisotopic (exact) mass is 350 g/mol. The summed E-state index contributed by atoms with van der Waals surface area (Å²) >= 11 is 0. The summed E-state index contributed by atoms with van der Waals surface area (Å²) in [6.07, 6.45) is 24.1. The zero-order valence-electron chi connectivity index (χ0n) is 16.0. The Morgan fingerprint density at radius 1 is 0.522 bits per heavy atom.